The van der Waals surface area contributed by atoms with Crippen LogP contribution in [0.4, 0.5) is 0 Å². The fraction of sp³-hybridized carbons (Fsp3) is 0.235. The average Bonchev–Trinajstić information content (AvgIpc) is 2.48. The summed E-state index contributed by atoms with van der Waals surface area (Å²) in [5.41, 5.74) is 1.96. The van der Waals surface area contributed by atoms with Crippen LogP contribution in [0.3, 0.4) is 0 Å². The molecule has 0 saturated carbocycles. The number of ether oxygens (including phenoxy) is 1. The Morgan fingerprint density at radius 3 is 2.45 bits per heavy atom. The molecule has 2 aromatic carbocycles. The molecule has 0 bridgehead atoms. The molecule has 0 N–H and O–H groups in total. The summed E-state index contributed by atoms with van der Waals surface area (Å²) in [4.78, 5) is 11.3. The molecule has 3 heteroatoms. The van der Waals surface area contributed by atoms with Gasteiger partial charge in [-0.15, -0.1) is 0 Å². The summed E-state index contributed by atoms with van der Waals surface area (Å²) in [5.74, 6) is 0.623. The Balaban J connectivity index is 2.14. The Morgan fingerprint density at radius 1 is 1.15 bits per heavy atom. The third kappa shape index (κ3) is 3.61. The van der Waals surface area contributed by atoms with Gasteiger partial charge in [-0.3, -0.25) is 0 Å². The van der Waals surface area contributed by atoms with E-state index < -0.39 is 0 Å². The third-order valence-corrected chi connectivity index (χ3v) is 3.50. The van der Waals surface area contributed by atoms with E-state index in [1.54, 1.807) is 0 Å². The van der Waals surface area contributed by atoms with Gasteiger partial charge in [0, 0.05) is 10.9 Å². The van der Waals surface area contributed by atoms with Crippen LogP contribution in [0.2, 0.25) is 5.02 Å². The van der Waals surface area contributed by atoms with Gasteiger partial charge in [0.1, 0.15) is 12.0 Å². The third-order valence-electron chi connectivity index (χ3n) is 3.16. The van der Waals surface area contributed by atoms with Crippen LogP contribution >= 0.6 is 11.6 Å². The van der Waals surface area contributed by atoms with Crippen molar-refractivity contribution in [2.45, 2.75) is 19.3 Å². The van der Waals surface area contributed by atoms with Gasteiger partial charge in [-0.25, -0.2) is 0 Å². The lowest BCUT2D eigenvalue weighted by molar-refractivity contribution is -0.109. The highest BCUT2D eigenvalue weighted by Gasteiger charge is 2.14. The van der Waals surface area contributed by atoms with Gasteiger partial charge in [0.2, 0.25) is 0 Å². The van der Waals surface area contributed by atoms with Crippen molar-refractivity contribution in [2.75, 3.05) is 6.61 Å². The Kier molecular flexibility index (Phi) is 5.19. The molecule has 0 aliphatic heterocycles. The molecule has 0 aromatic heterocycles. The highest BCUT2D eigenvalue weighted by Crippen LogP contribution is 2.26. The Morgan fingerprint density at radius 2 is 1.85 bits per heavy atom. The van der Waals surface area contributed by atoms with E-state index in [2.05, 4.69) is 0 Å². The molecular formula is C17H17ClO2. The maximum Gasteiger partial charge on any atom is 0.127 e. The van der Waals surface area contributed by atoms with E-state index in [-0.39, 0.29) is 5.92 Å². The van der Waals surface area contributed by atoms with Gasteiger partial charge >= 0.3 is 0 Å². The number of aldehydes is 1. The van der Waals surface area contributed by atoms with Crippen molar-refractivity contribution in [3.63, 3.8) is 0 Å². The highest BCUT2D eigenvalue weighted by molar-refractivity contribution is 6.31. The second kappa shape index (κ2) is 7.11. The minimum atomic E-state index is -0.221. The lowest BCUT2D eigenvalue weighted by atomic mass is 9.93. The zero-order valence-electron chi connectivity index (χ0n) is 11.4. The molecule has 0 fully saturated rings. The molecule has 1 atom stereocenters. The predicted molar refractivity (Wildman–Crippen MR) is 81.6 cm³/mol. The largest absolute Gasteiger partial charge is 0.494 e. The van der Waals surface area contributed by atoms with Crippen LogP contribution in [0.1, 0.15) is 24.0 Å². The molecule has 0 amide bonds. The molecule has 0 spiro atoms. The van der Waals surface area contributed by atoms with Crippen molar-refractivity contribution in [2.24, 2.45) is 0 Å². The van der Waals surface area contributed by atoms with Gasteiger partial charge in [-0.2, -0.15) is 0 Å². The summed E-state index contributed by atoms with van der Waals surface area (Å²) < 4.78 is 5.41. The number of hydrogen-bond acceptors (Lipinski definition) is 2. The van der Waals surface area contributed by atoms with Gasteiger partial charge in [0.15, 0.2) is 0 Å². The fourth-order valence-electron chi connectivity index (χ4n) is 2.15. The first-order chi connectivity index (χ1) is 9.74. The quantitative estimate of drug-likeness (QED) is 0.742. The molecule has 2 rings (SSSR count). The molecular weight excluding hydrogens is 272 g/mol. The van der Waals surface area contributed by atoms with Crippen LogP contribution in [0.5, 0.6) is 5.75 Å². The predicted octanol–water partition coefficient (Wildman–Crippen LogP) is 4.26. The summed E-state index contributed by atoms with van der Waals surface area (Å²) in [6.07, 6.45) is 1.59. The number of benzene rings is 2. The maximum atomic E-state index is 11.3. The fourth-order valence-corrected chi connectivity index (χ4v) is 2.43. The summed E-state index contributed by atoms with van der Waals surface area (Å²) >= 11 is 6.15. The van der Waals surface area contributed by atoms with Crippen molar-refractivity contribution in [1.82, 2.24) is 0 Å². The smallest absolute Gasteiger partial charge is 0.127 e. The van der Waals surface area contributed by atoms with E-state index in [1.807, 2.05) is 55.5 Å². The molecule has 0 heterocycles. The maximum absolute atomic E-state index is 11.3. The first-order valence-electron chi connectivity index (χ1n) is 6.66. The topological polar surface area (TPSA) is 26.3 Å². The number of carbonyl (C=O) groups excluding carboxylic acids is 1. The van der Waals surface area contributed by atoms with Crippen molar-refractivity contribution in [3.8, 4) is 5.75 Å². The monoisotopic (exact) mass is 288 g/mol. The van der Waals surface area contributed by atoms with Crippen molar-refractivity contribution >= 4 is 17.9 Å². The van der Waals surface area contributed by atoms with E-state index in [4.69, 9.17) is 16.3 Å². The first-order valence-corrected chi connectivity index (χ1v) is 7.04. The Hall–Kier alpha value is -1.80. The molecule has 0 aliphatic rings. The Bertz CT molecular complexity index is 563. The highest BCUT2D eigenvalue weighted by atomic mass is 35.5. The zero-order valence-corrected chi connectivity index (χ0v) is 12.1. The van der Waals surface area contributed by atoms with Crippen LogP contribution in [0.25, 0.3) is 0 Å². The summed E-state index contributed by atoms with van der Waals surface area (Å²) in [5, 5.41) is 0.635. The number of rotatable bonds is 6. The Labute approximate surface area is 124 Å². The van der Waals surface area contributed by atoms with Crippen LogP contribution in [0.15, 0.2) is 48.5 Å². The summed E-state index contributed by atoms with van der Waals surface area (Å²) in [6, 6.07) is 15.3. The lowest BCUT2D eigenvalue weighted by Gasteiger charge is -2.13. The molecule has 20 heavy (non-hydrogen) atoms. The summed E-state index contributed by atoms with van der Waals surface area (Å²) in [7, 11) is 0. The van der Waals surface area contributed by atoms with Gasteiger partial charge in [0.05, 0.1) is 6.61 Å². The van der Waals surface area contributed by atoms with E-state index in [9.17, 15) is 4.79 Å². The van der Waals surface area contributed by atoms with Gasteiger partial charge < -0.3 is 9.53 Å². The molecule has 1 unspecified atom stereocenters. The second-order valence-corrected chi connectivity index (χ2v) is 4.95. The summed E-state index contributed by atoms with van der Waals surface area (Å²) in [6.45, 7) is 2.60. The SMILES string of the molecule is CCOc1ccc(CC(C=O)c2ccccc2Cl)cc1. The zero-order chi connectivity index (χ0) is 14.4. The normalized spacial score (nSPS) is 11.9. The second-order valence-electron chi connectivity index (χ2n) is 4.55. The van der Waals surface area contributed by atoms with E-state index >= 15 is 0 Å². The molecule has 104 valence electrons. The van der Waals surface area contributed by atoms with Crippen LogP contribution < -0.4 is 4.74 Å². The van der Waals surface area contributed by atoms with Crippen LogP contribution in [-0.2, 0) is 11.2 Å². The molecule has 0 saturated heterocycles. The van der Waals surface area contributed by atoms with E-state index in [1.165, 1.54) is 0 Å². The van der Waals surface area contributed by atoms with E-state index in [0.717, 1.165) is 23.2 Å². The van der Waals surface area contributed by atoms with Crippen molar-refractivity contribution < 1.29 is 9.53 Å². The molecule has 2 nitrogen and oxygen atoms in total. The minimum Gasteiger partial charge on any atom is -0.494 e. The van der Waals surface area contributed by atoms with E-state index in [0.29, 0.717) is 18.1 Å². The first kappa shape index (κ1) is 14.6. The van der Waals surface area contributed by atoms with Crippen LogP contribution in [-0.4, -0.2) is 12.9 Å². The average molecular weight is 289 g/mol. The number of halogens is 1. The van der Waals surface area contributed by atoms with Gasteiger partial charge in [-0.05, 0) is 42.7 Å². The molecule has 2 aromatic rings. The molecule has 0 radical (unpaired) electrons. The van der Waals surface area contributed by atoms with Gasteiger partial charge in [-0.1, -0.05) is 41.9 Å². The molecule has 0 aliphatic carbocycles. The van der Waals surface area contributed by atoms with Gasteiger partial charge in [0.25, 0.3) is 0 Å². The van der Waals surface area contributed by atoms with Crippen molar-refractivity contribution in [1.29, 1.82) is 0 Å². The van der Waals surface area contributed by atoms with Crippen LogP contribution in [0, 0.1) is 0 Å². The van der Waals surface area contributed by atoms with Crippen molar-refractivity contribution in [3.05, 3.63) is 64.7 Å². The number of carbonyl (C=O) groups is 1. The lowest BCUT2D eigenvalue weighted by Crippen LogP contribution is -2.05. The standard InChI is InChI=1S/C17H17ClO2/c1-2-20-15-9-7-13(8-10-15)11-14(12-19)16-5-3-4-6-17(16)18/h3-10,12,14H,2,11H2,1H3. The number of hydrogen-bond donors (Lipinski definition) is 0. The minimum absolute atomic E-state index is 0.221.